The second-order valence-corrected chi connectivity index (χ2v) is 15.1. The van der Waals surface area contributed by atoms with Crippen LogP contribution >= 0.6 is 0 Å². The average molecular weight is 681 g/mol. The number of nitrogens with zero attached hydrogens (tertiary/aromatic N) is 5. The number of fused-ring (bicyclic) bond motifs is 2. The van der Waals surface area contributed by atoms with Gasteiger partial charge in [-0.2, -0.15) is 0 Å². The lowest BCUT2D eigenvalue weighted by Crippen LogP contribution is -2.60. The highest BCUT2D eigenvalue weighted by Crippen LogP contribution is 2.58. The van der Waals surface area contributed by atoms with E-state index in [4.69, 9.17) is 14.2 Å². The molecule has 1 unspecified atom stereocenters. The minimum absolute atomic E-state index is 0.165. The predicted molar refractivity (Wildman–Crippen MR) is 175 cm³/mol. The van der Waals surface area contributed by atoms with Crippen LogP contribution in [0.15, 0.2) is 36.9 Å². The van der Waals surface area contributed by atoms with Crippen LogP contribution in [-0.2, 0) is 30.3 Å². The van der Waals surface area contributed by atoms with Gasteiger partial charge in [0.15, 0.2) is 35.1 Å². The van der Waals surface area contributed by atoms with Crippen LogP contribution in [0, 0.1) is 17.8 Å². The first kappa shape index (κ1) is 31.6. The summed E-state index contributed by atoms with van der Waals surface area (Å²) in [6.07, 6.45) is 6.27. The van der Waals surface area contributed by atoms with E-state index in [1.165, 1.54) is 31.9 Å². The predicted octanol–water partition coefficient (Wildman–Crippen LogP) is 3.94. The van der Waals surface area contributed by atoms with Gasteiger partial charge in [0.2, 0.25) is 0 Å². The molecule has 1 aromatic carbocycles. The first-order chi connectivity index (χ1) is 23.0. The Labute approximate surface area is 279 Å². The number of imidazole rings is 1. The third-order valence-electron chi connectivity index (χ3n) is 10.4. The van der Waals surface area contributed by atoms with Gasteiger partial charge in [-0.15, -0.1) is 0 Å². The molecule has 0 spiro atoms. The monoisotopic (exact) mass is 680 g/mol. The molecule has 48 heavy (non-hydrogen) atoms. The molecule has 3 aromatic rings. The minimum Gasteiger partial charge on any atom is -0.354 e. The van der Waals surface area contributed by atoms with Gasteiger partial charge in [0.05, 0.1) is 17.6 Å². The van der Waals surface area contributed by atoms with Gasteiger partial charge in [-0.25, -0.2) is 24.0 Å². The molecule has 4 bridgehead atoms. The average Bonchev–Trinajstić information content (AvgIpc) is 3.67. The SMILES string of the molecule is CCNC(=O)[C@H]1O[C@@H](n2cnc3c(NC(=O)Nc4cccc(N(S(=O)O)C56CC7CC(CC(C7)C5)C6)c4)ncnc32)[C@@H]2OC(C)(C)O[C@@H]21. The summed E-state index contributed by atoms with van der Waals surface area (Å²) in [6.45, 7) is 5.83. The Hall–Kier alpha value is -3.70. The summed E-state index contributed by atoms with van der Waals surface area (Å²) in [5.41, 5.74) is 1.39. The molecule has 2 aromatic heterocycles. The maximum Gasteiger partial charge on any atom is 0.324 e. The van der Waals surface area contributed by atoms with Gasteiger partial charge in [-0.05, 0) is 95.2 Å². The largest absolute Gasteiger partial charge is 0.354 e. The van der Waals surface area contributed by atoms with Gasteiger partial charge < -0.3 is 24.8 Å². The molecule has 2 saturated heterocycles. The Balaban J connectivity index is 1.01. The topological polar surface area (TPSA) is 182 Å². The molecule has 4 heterocycles. The summed E-state index contributed by atoms with van der Waals surface area (Å²) in [5.74, 6) is 0.724. The first-order valence-electron chi connectivity index (χ1n) is 16.6. The second kappa shape index (κ2) is 11.7. The summed E-state index contributed by atoms with van der Waals surface area (Å²) in [4.78, 5) is 39.2. The van der Waals surface area contributed by atoms with Gasteiger partial charge in [0, 0.05) is 12.2 Å². The van der Waals surface area contributed by atoms with Crippen LogP contribution in [0.4, 0.5) is 22.0 Å². The molecular formula is C32H40N8O7S. The van der Waals surface area contributed by atoms with Crippen molar-refractivity contribution in [2.24, 2.45) is 17.8 Å². The number of nitrogens with one attached hydrogen (secondary N) is 3. The number of ether oxygens (including phenoxy) is 3. The molecule has 0 radical (unpaired) electrons. The normalized spacial score (nSPS) is 33.4. The Kier molecular flexibility index (Phi) is 7.71. The summed E-state index contributed by atoms with van der Waals surface area (Å²) >= 11 is -2.22. The Morgan fingerprint density at radius 3 is 2.44 bits per heavy atom. The lowest BCUT2D eigenvalue weighted by atomic mass is 9.53. The maximum absolute atomic E-state index is 13.3. The molecule has 4 N–H and O–H groups in total. The number of carbonyl (C=O) groups is 2. The third-order valence-corrected chi connectivity index (χ3v) is 11.3. The van der Waals surface area contributed by atoms with E-state index < -0.39 is 47.6 Å². The van der Waals surface area contributed by atoms with Crippen molar-refractivity contribution in [2.45, 2.75) is 95.2 Å². The Morgan fingerprint density at radius 2 is 1.75 bits per heavy atom. The van der Waals surface area contributed by atoms with Gasteiger partial charge in [0.25, 0.3) is 17.2 Å². The number of aromatic nitrogens is 4. The number of hydrogen-bond acceptors (Lipinski definition) is 9. The van der Waals surface area contributed by atoms with E-state index in [1.807, 2.05) is 13.0 Å². The van der Waals surface area contributed by atoms with Crippen LogP contribution in [-0.4, -0.2) is 76.4 Å². The highest BCUT2D eigenvalue weighted by Gasteiger charge is 2.58. The fraction of sp³-hybridized carbons (Fsp3) is 0.594. The van der Waals surface area contributed by atoms with Crippen molar-refractivity contribution in [1.29, 1.82) is 0 Å². The zero-order chi connectivity index (χ0) is 33.4. The molecule has 5 atom stereocenters. The molecule has 4 saturated carbocycles. The summed E-state index contributed by atoms with van der Waals surface area (Å²) in [7, 11) is 0. The van der Waals surface area contributed by atoms with Crippen molar-refractivity contribution in [3.8, 4) is 0 Å². The molecule has 6 aliphatic rings. The van der Waals surface area contributed by atoms with Crippen molar-refractivity contribution >= 4 is 51.6 Å². The number of urea groups is 1. The van der Waals surface area contributed by atoms with Crippen LogP contribution in [0.2, 0.25) is 0 Å². The quantitative estimate of drug-likeness (QED) is 0.255. The lowest BCUT2D eigenvalue weighted by molar-refractivity contribution is -0.197. The molecular weight excluding hydrogens is 640 g/mol. The molecule has 6 fully saturated rings. The number of carbonyl (C=O) groups excluding carboxylic acids is 2. The van der Waals surface area contributed by atoms with Crippen LogP contribution in [0.3, 0.4) is 0 Å². The zero-order valence-electron chi connectivity index (χ0n) is 27.0. The number of amides is 3. The molecule has 4 aliphatic carbocycles. The summed E-state index contributed by atoms with van der Waals surface area (Å²) in [5, 5.41) is 8.39. The number of benzene rings is 1. The molecule has 256 valence electrons. The number of likely N-dealkylation sites (N-methyl/N-ethyl adjacent to an activating group) is 1. The second-order valence-electron chi connectivity index (χ2n) is 14.2. The van der Waals surface area contributed by atoms with Crippen molar-refractivity contribution in [1.82, 2.24) is 24.8 Å². The summed E-state index contributed by atoms with van der Waals surface area (Å²) in [6, 6.07) is 6.49. The van der Waals surface area contributed by atoms with E-state index >= 15 is 0 Å². The third kappa shape index (κ3) is 5.43. The van der Waals surface area contributed by atoms with Crippen molar-refractivity contribution < 1.29 is 32.6 Å². The summed E-state index contributed by atoms with van der Waals surface area (Å²) < 4.78 is 45.1. The van der Waals surface area contributed by atoms with Crippen LogP contribution in [0.25, 0.3) is 11.2 Å². The first-order valence-corrected chi connectivity index (χ1v) is 17.6. The van der Waals surface area contributed by atoms with Crippen molar-refractivity contribution in [3.05, 3.63) is 36.9 Å². The molecule has 16 heteroatoms. The fourth-order valence-electron chi connectivity index (χ4n) is 9.24. The maximum atomic E-state index is 13.3. The lowest BCUT2D eigenvalue weighted by Gasteiger charge is -2.59. The van der Waals surface area contributed by atoms with Crippen molar-refractivity contribution in [3.63, 3.8) is 0 Å². The molecule has 2 aliphatic heterocycles. The highest BCUT2D eigenvalue weighted by molar-refractivity contribution is 7.80. The smallest absolute Gasteiger partial charge is 0.324 e. The van der Waals surface area contributed by atoms with Crippen molar-refractivity contribution in [2.75, 3.05) is 21.5 Å². The number of rotatable bonds is 8. The Bertz CT molecular complexity index is 1750. The zero-order valence-corrected chi connectivity index (χ0v) is 27.8. The highest BCUT2D eigenvalue weighted by atomic mass is 32.2. The van der Waals surface area contributed by atoms with Gasteiger partial charge in [-0.3, -0.25) is 23.5 Å². The van der Waals surface area contributed by atoms with Gasteiger partial charge in [-0.1, -0.05) is 6.07 Å². The van der Waals surface area contributed by atoms with E-state index in [1.54, 1.807) is 40.9 Å². The van der Waals surface area contributed by atoms with E-state index in [0.717, 1.165) is 19.3 Å². The molecule has 9 rings (SSSR count). The van der Waals surface area contributed by atoms with Gasteiger partial charge >= 0.3 is 6.03 Å². The van der Waals surface area contributed by atoms with E-state index in [9.17, 15) is 18.4 Å². The number of anilines is 3. The molecule has 15 nitrogen and oxygen atoms in total. The van der Waals surface area contributed by atoms with Crippen LogP contribution < -0.4 is 20.3 Å². The molecule has 3 amide bonds. The van der Waals surface area contributed by atoms with Gasteiger partial charge in [0.1, 0.15) is 18.5 Å². The van der Waals surface area contributed by atoms with Crippen LogP contribution in [0.1, 0.15) is 65.5 Å². The standard InChI is InChI=1S/C32H40N8O7S/c1-4-33-28(41)24-23-25(47-31(2,3)46-23)29(45-24)39-16-36-22-26(34-15-35-27(22)39)38-30(42)37-20-6-5-7-21(11-20)40(48(43)44)32-12-17-8-18(13-32)10-19(9-17)14-32/h5-7,11,15-19,23-25,29H,4,8-10,12-14H2,1-3H3,(H,33,41)(H,43,44)(H2,34,35,37,38,42)/t17?,18?,19?,23-,24+,25-,29-,32?/m1/s1. The minimum atomic E-state index is -2.22. The van der Waals surface area contributed by atoms with E-state index in [2.05, 4.69) is 30.9 Å². The van der Waals surface area contributed by atoms with Crippen LogP contribution in [0.5, 0.6) is 0 Å². The van der Waals surface area contributed by atoms with E-state index in [0.29, 0.717) is 46.8 Å². The Morgan fingerprint density at radius 1 is 1.04 bits per heavy atom. The fourth-order valence-corrected chi connectivity index (χ4v) is 10.1. The number of hydrogen-bond donors (Lipinski definition) is 4. The van der Waals surface area contributed by atoms with E-state index in [-0.39, 0.29) is 17.3 Å².